The summed E-state index contributed by atoms with van der Waals surface area (Å²) in [7, 11) is 0. The van der Waals surface area contributed by atoms with Gasteiger partial charge >= 0.3 is 0 Å². The first-order chi connectivity index (χ1) is 8.58. The van der Waals surface area contributed by atoms with E-state index in [2.05, 4.69) is 15.5 Å². The van der Waals surface area contributed by atoms with E-state index in [1.165, 1.54) is 30.6 Å². The molecule has 0 aliphatic rings. The minimum absolute atomic E-state index is 0.0961. The Kier molecular flexibility index (Phi) is 2.92. The summed E-state index contributed by atoms with van der Waals surface area (Å²) >= 11 is 0. The Labute approximate surface area is 101 Å². The fraction of sp³-hybridized carbons (Fsp3) is 0. The highest BCUT2D eigenvalue weighted by Crippen LogP contribution is 2.22. The maximum atomic E-state index is 11.9. The number of amides is 1. The van der Waals surface area contributed by atoms with Crippen molar-refractivity contribution in [2.75, 3.05) is 11.1 Å². The number of rotatable bonds is 3. The van der Waals surface area contributed by atoms with Gasteiger partial charge in [0, 0.05) is 18.0 Å². The molecule has 1 heterocycles. The van der Waals surface area contributed by atoms with Gasteiger partial charge in [0.2, 0.25) is 0 Å². The van der Waals surface area contributed by atoms with Crippen LogP contribution in [0.5, 0.6) is 0 Å². The molecule has 0 spiro atoms. The van der Waals surface area contributed by atoms with Crippen molar-refractivity contribution in [3.63, 3.8) is 0 Å². The number of hydrogen-bond donors (Lipinski definition) is 3. The second-order valence-corrected chi connectivity index (χ2v) is 3.47. The van der Waals surface area contributed by atoms with Gasteiger partial charge < -0.3 is 11.1 Å². The van der Waals surface area contributed by atoms with Gasteiger partial charge in [0.1, 0.15) is 5.56 Å². The molecule has 4 N–H and O–H groups in total. The molecule has 1 aromatic carbocycles. The molecule has 0 fully saturated rings. The first-order valence-electron chi connectivity index (χ1n) is 4.92. The van der Waals surface area contributed by atoms with Gasteiger partial charge in [-0.25, -0.2) is 0 Å². The Morgan fingerprint density at radius 3 is 2.89 bits per heavy atom. The van der Waals surface area contributed by atoms with Gasteiger partial charge in [-0.1, -0.05) is 0 Å². The molecule has 0 unspecified atom stereocenters. The van der Waals surface area contributed by atoms with Crippen molar-refractivity contribution in [2.45, 2.75) is 0 Å². The Balaban J connectivity index is 2.34. The third kappa shape index (κ3) is 2.26. The fourth-order valence-corrected chi connectivity index (χ4v) is 1.41. The van der Waals surface area contributed by atoms with Gasteiger partial charge in [-0.2, -0.15) is 5.10 Å². The number of H-pyrrole nitrogens is 1. The van der Waals surface area contributed by atoms with E-state index in [-0.39, 0.29) is 16.9 Å². The number of nitrogen functional groups attached to an aromatic ring is 1. The van der Waals surface area contributed by atoms with Crippen LogP contribution >= 0.6 is 0 Å². The highest BCUT2D eigenvalue weighted by Gasteiger charge is 2.20. The molecule has 18 heavy (non-hydrogen) atoms. The monoisotopic (exact) mass is 247 g/mol. The first-order valence-corrected chi connectivity index (χ1v) is 4.92. The maximum absolute atomic E-state index is 11.9. The SMILES string of the molecule is Nc1ccc([N+](=O)[O-])c(C(=O)Nc2cn[nH]c2)c1. The molecule has 2 aromatic rings. The summed E-state index contributed by atoms with van der Waals surface area (Å²) < 4.78 is 0. The number of carbonyl (C=O) groups excluding carboxylic acids is 1. The van der Waals surface area contributed by atoms with Gasteiger partial charge in [-0.05, 0) is 12.1 Å². The average Bonchev–Trinajstić information content (AvgIpc) is 2.81. The van der Waals surface area contributed by atoms with Crippen LogP contribution in [0.4, 0.5) is 17.1 Å². The van der Waals surface area contributed by atoms with Gasteiger partial charge in [-0.3, -0.25) is 20.0 Å². The van der Waals surface area contributed by atoms with Crippen molar-refractivity contribution in [1.82, 2.24) is 10.2 Å². The summed E-state index contributed by atoms with van der Waals surface area (Å²) in [6.45, 7) is 0. The van der Waals surface area contributed by atoms with Crippen molar-refractivity contribution < 1.29 is 9.72 Å². The minimum Gasteiger partial charge on any atom is -0.399 e. The molecule has 0 saturated carbocycles. The molecular weight excluding hydrogens is 238 g/mol. The first kappa shape index (κ1) is 11.6. The predicted octanol–water partition coefficient (Wildman–Crippen LogP) is 1.15. The number of anilines is 2. The van der Waals surface area contributed by atoms with E-state index in [9.17, 15) is 14.9 Å². The average molecular weight is 247 g/mol. The Morgan fingerprint density at radius 2 is 2.28 bits per heavy atom. The van der Waals surface area contributed by atoms with E-state index < -0.39 is 10.8 Å². The quantitative estimate of drug-likeness (QED) is 0.426. The summed E-state index contributed by atoms with van der Waals surface area (Å²) in [6.07, 6.45) is 2.84. The molecule has 8 nitrogen and oxygen atoms in total. The third-order valence-corrected chi connectivity index (χ3v) is 2.22. The lowest BCUT2D eigenvalue weighted by Crippen LogP contribution is -2.14. The van der Waals surface area contributed by atoms with Crippen molar-refractivity contribution in [3.05, 3.63) is 46.3 Å². The molecule has 1 aromatic heterocycles. The van der Waals surface area contributed by atoms with E-state index in [1.54, 1.807) is 0 Å². The number of nitrogens with zero attached hydrogens (tertiary/aromatic N) is 2. The fourth-order valence-electron chi connectivity index (χ4n) is 1.41. The standard InChI is InChI=1S/C10H9N5O3/c11-6-1-2-9(15(17)18)8(3-6)10(16)14-7-4-12-13-5-7/h1-5H,11H2,(H,12,13)(H,14,16). The number of nitro groups is 1. The van der Waals surface area contributed by atoms with Crippen molar-refractivity contribution in [2.24, 2.45) is 0 Å². The second-order valence-electron chi connectivity index (χ2n) is 3.47. The van der Waals surface area contributed by atoms with Crippen LogP contribution in [0.3, 0.4) is 0 Å². The topological polar surface area (TPSA) is 127 Å². The van der Waals surface area contributed by atoms with Gasteiger partial charge in [0.15, 0.2) is 0 Å². The highest BCUT2D eigenvalue weighted by atomic mass is 16.6. The zero-order valence-electron chi connectivity index (χ0n) is 9.08. The third-order valence-electron chi connectivity index (χ3n) is 2.22. The number of carbonyl (C=O) groups is 1. The zero-order valence-corrected chi connectivity index (χ0v) is 9.08. The van der Waals surface area contributed by atoms with E-state index in [0.717, 1.165) is 0 Å². The molecule has 0 radical (unpaired) electrons. The van der Waals surface area contributed by atoms with Crippen LogP contribution in [0.1, 0.15) is 10.4 Å². The number of aromatic amines is 1. The number of nitrogens with two attached hydrogens (primary N) is 1. The predicted molar refractivity (Wildman–Crippen MR) is 64.0 cm³/mol. The molecule has 0 aliphatic carbocycles. The van der Waals surface area contributed by atoms with Gasteiger partial charge in [0.25, 0.3) is 11.6 Å². The lowest BCUT2D eigenvalue weighted by atomic mass is 10.1. The highest BCUT2D eigenvalue weighted by molar-refractivity contribution is 6.07. The van der Waals surface area contributed by atoms with Crippen molar-refractivity contribution >= 4 is 23.0 Å². The largest absolute Gasteiger partial charge is 0.399 e. The normalized spacial score (nSPS) is 10.0. The van der Waals surface area contributed by atoms with E-state index >= 15 is 0 Å². The molecule has 0 bridgehead atoms. The van der Waals surface area contributed by atoms with Gasteiger partial charge in [0.05, 0.1) is 16.8 Å². The number of hydrogen-bond acceptors (Lipinski definition) is 5. The Hall–Kier alpha value is -2.90. The van der Waals surface area contributed by atoms with E-state index in [1.807, 2.05) is 0 Å². The van der Waals surface area contributed by atoms with E-state index in [4.69, 9.17) is 5.73 Å². The van der Waals surface area contributed by atoms with Crippen LogP contribution in [0.25, 0.3) is 0 Å². The molecule has 2 rings (SSSR count). The van der Waals surface area contributed by atoms with Crippen LogP contribution in [0.2, 0.25) is 0 Å². The zero-order chi connectivity index (χ0) is 13.1. The Bertz CT molecular complexity index is 594. The molecule has 1 amide bonds. The summed E-state index contributed by atoms with van der Waals surface area (Å²) in [5.74, 6) is -0.615. The molecule has 0 aliphatic heterocycles. The van der Waals surface area contributed by atoms with Crippen LogP contribution < -0.4 is 11.1 Å². The van der Waals surface area contributed by atoms with Crippen LogP contribution in [0, 0.1) is 10.1 Å². The van der Waals surface area contributed by atoms with Crippen LogP contribution in [0.15, 0.2) is 30.6 Å². The van der Waals surface area contributed by atoms with Crippen molar-refractivity contribution in [3.8, 4) is 0 Å². The summed E-state index contributed by atoms with van der Waals surface area (Å²) in [4.78, 5) is 22.0. The summed E-state index contributed by atoms with van der Waals surface area (Å²) in [6, 6.07) is 3.82. The molecule has 92 valence electrons. The molecule has 0 atom stereocenters. The number of nitro benzene ring substituents is 1. The smallest absolute Gasteiger partial charge is 0.282 e. The number of nitrogens with one attached hydrogen (secondary N) is 2. The molecular formula is C10H9N5O3. The molecule has 8 heteroatoms. The van der Waals surface area contributed by atoms with Crippen LogP contribution in [-0.4, -0.2) is 21.0 Å². The summed E-state index contributed by atoms with van der Waals surface area (Å²) in [5, 5.41) is 19.4. The Morgan fingerprint density at radius 1 is 1.50 bits per heavy atom. The second kappa shape index (κ2) is 4.53. The minimum atomic E-state index is -0.635. The molecule has 0 saturated heterocycles. The summed E-state index contributed by atoms with van der Waals surface area (Å²) in [5.41, 5.74) is 5.81. The lowest BCUT2D eigenvalue weighted by Gasteiger charge is -2.04. The lowest BCUT2D eigenvalue weighted by molar-refractivity contribution is -0.385. The number of aromatic nitrogens is 2. The maximum Gasteiger partial charge on any atom is 0.282 e. The van der Waals surface area contributed by atoms with Crippen molar-refractivity contribution in [1.29, 1.82) is 0 Å². The van der Waals surface area contributed by atoms with Gasteiger partial charge in [-0.15, -0.1) is 0 Å². The number of benzene rings is 1. The van der Waals surface area contributed by atoms with E-state index in [0.29, 0.717) is 5.69 Å². The van der Waals surface area contributed by atoms with Crippen LogP contribution in [-0.2, 0) is 0 Å².